The number of likely N-dealkylation sites (tertiary alicyclic amines) is 1. The van der Waals surface area contributed by atoms with Gasteiger partial charge in [-0.15, -0.1) is 0 Å². The second-order valence-electron chi connectivity index (χ2n) is 2.18. The summed E-state index contributed by atoms with van der Waals surface area (Å²) in [7, 11) is 0. The van der Waals surface area contributed by atoms with Crippen LogP contribution in [0.15, 0.2) is 0 Å². The molecule has 56 valence electrons. The first-order valence-corrected chi connectivity index (χ1v) is 4.27. The third-order valence-corrected chi connectivity index (χ3v) is 1.97. The van der Waals surface area contributed by atoms with Crippen molar-refractivity contribution < 1.29 is 9.59 Å². The minimum absolute atomic E-state index is 0.0375. The number of carbonyl (C=O) groups excluding carboxylic acids is 2. The minimum Gasteiger partial charge on any atom is -0.282 e. The van der Waals surface area contributed by atoms with E-state index in [9.17, 15) is 9.59 Å². The van der Waals surface area contributed by atoms with E-state index in [0.717, 1.165) is 6.42 Å². The van der Waals surface area contributed by atoms with Crippen LogP contribution in [0.25, 0.3) is 0 Å². The van der Waals surface area contributed by atoms with Crippen LogP contribution in [0.4, 0.5) is 0 Å². The molecule has 0 aromatic rings. The van der Waals surface area contributed by atoms with Crippen molar-refractivity contribution in [3.8, 4) is 0 Å². The smallest absolute Gasteiger partial charge is 0.239 e. The van der Waals surface area contributed by atoms with Crippen LogP contribution in [0.3, 0.4) is 0 Å². The fourth-order valence-electron chi connectivity index (χ4n) is 0.984. The summed E-state index contributed by atoms with van der Waals surface area (Å²) in [6.45, 7) is 0.600. The van der Waals surface area contributed by atoms with Gasteiger partial charge >= 0.3 is 0 Å². The Morgan fingerprint density at radius 3 is 2.80 bits per heavy atom. The molecule has 1 saturated heterocycles. The van der Waals surface area contributed by atoms with Crippen LogP contribution in [-0.4, -0.2) is 28.6 Å². The van der Waals surface area contributed by atoms with E-state index in [1.165, 1.54) is 4.90 Å². The Kier molecular flexibility index (Phi) is 2.43. The minimum atomic E-state index is -0.123. The third-order valence-electron chi connectivity index (χ3n) is 1.49. The third kappa shape index (κ3) is 1.37. The molecule has 0 N–H and O–H groups in total. The summed E-state index contributed by atoms with van der Waals surface area (Å²) < 4.78 is 0. The van der Waals surface area contributed by atoms with Gasteiger partial charge in [-0.05, 0) is 6.42 Å². The maximum Gasteiger partial charge on any atom is 0.239 e. The molecule has 0 bridgehead atoms. The highest BCUT2D eigenvalue weighted by Crippen LogP contribution is 2.09. The zero-order chi connectivity index (χ0) is 7.56. The highest BCUT2D eigenvalue weighted by molar-refractivity contribution is 9.09. The number of carbonyl (C=O) groups is 2. The molecule has 1 heterocycles. The molecule has 0 aromatic carbocycles. The molecule has 0 unspecified atom stereocenters. The fraction of sp³-hybridized carbons (Fsp3) is 0.667. The van der Waals surface area contributed by atoms with Crippen LogP contribution in [0.2, 0.25) is 0 Å². The van der Waals surface area contributed by atoms with Gasteiger partial charge in [-0.3, -0.25) is 14.5 Å². The number of alkyl halides is 1. The van der Waals surface area contributed by atoms with E-state index >= 15 is 0 Å². The molecule has 0 aliphatic carbocycles. The largest absolute Gasteiger partial charge is 0.282 e. The van der Waals surface area contributed by atoms with Crippen molar-refractivity contribution in [3.05, 3.63) is 0 Å². The number of rotatable bonds is 1. The normalized spacial score (nSPS) is 18.1. The first-order valence-electron chi connectivity index (χ1n) is 3.15. The van der Waals surface area contributed by atoms with E-state index in [1.807, 2.05) is 0 Å². The number of imide groups is 1. The summed E-state index contributed by atoms with van der Waals surface area (Å²) in [6, 6.07) is 0. The lowest BCUT2D eigenvalue weighted by molar-refractivity contribution is -0.139. The summed E-state index contributed by atoms with van der Waals surface area (Å²) in [5.41, 5.74) is 0. The molecule has 0 aromatic heterocycles. The van der Waals surface area contributed by atoms with Crippen molar-refractivity contribution in [2.75, 3.05) is 11.9 Å². The molecule has 10 heavy (non-hydrogen) atoms. The zero-order valence-electron chi connectivity index (χ0n) is 5.47. The molecular weight excluding hydrogens is 198 g/mol. The molecule has 1 aliphatic heterocycles. The number of hydrogen-bond donors (Lipinski definition) is 0. The van der Waals surface area contributed by atoms with E-state index < -0.39 is 0 Å². The predicted molar refractivity (Wildman–Crippen MR) is 39.7 cm³/mol. The lowest BCUT2D eigenvalue weighted by Gasteiger charge is -2.10. The maximum atomic E-state index is 10.9. The lowest BCUT2D eigenvalue weighted by Crippen LogP contribution is -2.32. The van der Waals surface area contributed by atoms with Gasteiger partial charge in [0.1, 0.15) is 0 Å². The Labute approximate surface area is 67.5 Å². The maximum absolute atomic E-state index is 10.9. The topological polar surface area (TPSA) is 37.4 Å². The van der Waals surface area contributed by atoms with Gasteiger partial charge in [-0.2, -0.15) is 0 Å². The second kappa shape index (κ2) is 3.14. The fourth-order valence-corrected chi connectivity index (χ4v) is 1.29. The molecule has 0 saturated carbocycles. The van der Waals surface area contributed by atoms with E-state index in [4.69, 9.17) is 0 Å². The van der Waals surface area contributed by atoms with Crippen LogP contribution in [0.1, 0.15) is 12.8 Å². The average Bonchev–Trinajstić information content (AvgIpc) is 2.34. The lowest BCUT2D eigenvalue weighted by atomic mass is 10.4. The summed E-state index contributed by atoms with van der Waals surface area (Å²) >= 11 is 3.01. The van der Waals surface area contributed by atoms with Crippen LogP contribution >= 0.6 is 15.9 Å². The number of halogens is 1. The van der Waals surface area contributed by atoms with Gasteiger partial charge in [0.05, 0.1) is 5.33 Å². The van der Waals surface area contributed by atoms with E-state index in [-0.39, 0.29) is 17.1 Å². The van der Waals surface area contributed by atoms with E-state index in [0.29, 0.717) is 13.0 Å². The van der Waals surface area contributed by atoms with Gasteiger partial charge in [-0.25, -0.2) is 0 Å². The number of amides is 2. The highest BCUT2D eigenvalue weighted by Gasteiger charge is 2.24. The second-order valence-corrected chi connectivity index (χ2v) is 2.74. The molecule has 1 rings (SSSR count). The Morgan fingerprint density at radius 2 is 2.40 bits per heavy atom. The van der Waals surface area contributed by atoms with Gasteiger partial charge < -0.3 is 0 Å². The monoisotopic (exact) mass is 205 g/mol. The Morgan fingerprint density at radius 1 is 1.70 bits per heavy atom. The van der Waals surface area contributed by atoms with Crippen LogP contribution in [-0.2, 0) is 9.59 Å². The summed E-state index contributed by atoms with van der Waals surface area (Å²) in [6.07, 6.45) is 1.34. The standard InChI is InChI=1S/C6H8BrNO2/c7-4-6(10)8-3-1-2-5(8)9/h1-4H2. The van der Waals surface area contributed by atoms with Gasteiger partial charge in [0, 0.05) is 13.0 Å². The quantitative estimate of drug-likeness (QED) is 0.587. The molecule has 0 radical (unpaired) electrons. The molecule has 0 atom stereocenters. The molecule has 2 amide bonds. The van der Waals surface area contributed by atoms with Gasteiger partial charge in [0.2, 0.25) is 11.8 Å². The Balaban J connectivity index is 2.55. The van der Waals surface area contributed by atoms with E-state index in [2.05, 4.69) is 15.9 Å². The van der Waals surface area contributed by atoms with Crippen molar-refractivity contribution in [1.29, 1.82) is 0 Å². The van der Waals surface area contributed by atoms with Crippen molar-refractivity contribution >= 4 is 27.7 Å². The van der Waals surface area contributed by atoms with Crippen LogP contribution in [0, 0.1) is 0 Å². The highest BCUT2D eigenvalue weighted by atomic mass is 79.9. The first-order chi connectivity index (χ1) is 4.75. The van der Waals surface area contributed by atoms with Crippen molar-refractivity contribution in [2.45, 2.75) is 12.8 Å². The first kappa shape index (κ1) is 7.72. The molecule has 4 heteroatoms. The summed E-state index contributed by atoms with van der Waals surface area (Å²) in [4.78, 5) is 23.0. The Bertz CT molecular complexity index is 169. The Hall–Kier alpha value is -0.380. The van der Waals surface area contributed by atoms with Crippen molar-refractivity contribution in [2.24, 2.45) is 0 Å². The van der Waals surface area contributed by atoms with Crippen LogP contribution in [0.5, 0.6) is 0 Å². The zero-order valence-corrected chi connectivity index (χ0v) is 7.06. The summed E-state index contributed by atoms with van der Waals surface area (Å²) in [5.74, 6) is -0.160. The van der Waals surface area contributed by atoms with E-state index in [1.54, 1.807) is 0 Å². The number of nitrogens with zero attached hydrogens (tertiary/aromatic N) is 1. The van der Waals surface area contributed by atoms with Gasteiger partial charge in [0.15, 0.2) is 0 Å². The molecule has 3 nitrogen and oxygen atoms in total. The molecular formula is C6H8BrNO2. The van der Waals surface area contributed by atoms with Gasteiger partial charge in [0.25, 0.3) is 0 Å². The molecule has 1 aliphatic rings. The van der Waals surface area contributed by atoms with Gasteiger partial charge in [-0.1, -0.05) is 15.9 Å². The van der Waals surface area contributed by atoms with Crippen molar-refractivity contribution in [1.82, 2.24) is 4.90 Å². The van der Waals surface area contributed by atoms with Crippen molar-refractivity contribution in [3.63, 3.8) is 0 Å². The predicted octanol–water partition coefficient (Wildman–Crippen LogP) is 0.530. The SMILES string of the molecule is O=C(CBr)N1CCCC1=O. The summed E-state index contributed by atoms with van der Waals surface area (Å²) in [5, 5.41) is 0.249. The molecule has 1 fully saturated rings. The number of hydrogen-bond acceptors (Lipinski definition) is 2. The molecule has 0 spiro atoms. The van der Waals surface area contributed by atoms with Crippen LogP contribution < -0.4 is 0 Å². The average molecular weight is 206 g/mol.